The quantitative estimate of drug-likeness (QED) is 0.802. The lowest BCUT2D eigenvalue weighted by Crippen LogP contribution is -2.48. The van der Waals surface area contributed by atoms with E-state index in [1.54, 1.807) is 13.8 Å². The number of aliphatic hydroxyl groups excluding tert-OH is 1. The second kappa shape index (κ2) is 5.54. The van der Waals surface area contributed by atoms with Crippen molar-refractivity contribution in [3.63, 3.8) is 0 Å². The van der Waals surface area contributed by atoms with Gasteiger partial charge >= 0.3 is 6.03 Å². The number of aryl methyl sites for hydroxylation is 1. The number of carbonyl (C=O) groups excluding carboxylic acids is 1. The van der Waals surface area contributed by atoms with Crippen molar-refractivity contribution in [2.24, 2.45) is 0 Å². The van der Waals surface area contributed by atoms with E-state index in [1.807, 2.05) is 30.5 Å². The van der Waals surface area contributed by atoms with Gasteiger partial charge in [-0.2, -0.15) is 0 Å². The third kappa shape index (κ3) is 2.93. The van der Waals surface area contributed by atoms with Gasteiger partial charge < -0.3 is 20.3 Å². The van der Waals surface area contributed by atoms with Crippen molar-refractivity contribution in [2.45, 2.75) is 32.9 Å². The summed E-state index contributed by atoms with van der Waals surface area (Å²) in [7, 11) is 0. The topological polar surface area (TPSA) is 66.3 Å². The highest BCUT2D eigenvalue weighted by molar-refractivity contribution is 6.01. The summed E-state index contributed by atoms with van der Waals surface area (Å²) in [6, 6.07) is 7.62. The van der Waals surface area contributed by atoms with Gasteiger partial charge in [-0.15, -0.1) is 0 Å². The van der Waals surface area contributed by atoms with Gasteiger partial charge in [-0.3, -0.25) is 0 Å². The molecule has 0 unspecified atom stereocenters. The number of aliphatic hydroxyl groups is 1. The van der Waals surface area contributed by atoms with Crippen LogP contribution in [0.2, 0.25) is 0 Å². The summed E-state index contributed by atoms with van der Waals surface area (Å²) in [5, 5.41) is 15.8. The number of amides is 2. The summed E-state index contributed by atoms with van der Waals surface area (Å²) < 4.78 is 2.09. The first-order chi connectivity index (χ1) is 9.46. The Balaban J connectivity index is 2.24. The van der Waals surface area contributed by atoms with Crippen LogP contribution in [0.4, 0.5) is 10.5 Å². The van der Waals surface area contributed by atoms with E-state index < -0.39 is 5.54 Å². The molecule has 0 radical (unpaired) electrons. The SMILES string of the molecule is CCn1cc(NC(=O)NC(C)(C)CO)c2ccccc21. The monoisotopic (exact) mass is 275 g/mol. The highest BCUT2D eigenvalue weighted by atomic mass is 16.3. The number of anilines is 1. The van der Waals surface area contributed by atoms with Crippen molar-refractivity contribution in [1.82, 2.24) is 9.88 Å². The Morgan fingerprint density at radius 3 is 2.70 bits per heavy atom. The molecule has 1 aromatic heterocycles. The zero-order valence-corrected chi connectivity index (χ0v) is 12.1. The first-order valence-electron chi connectivity index (χ1n) is 6.75. The molecule has 0 aliphatic rings. The van der Waals surface area contributed by atoms with Gasteiger partial charge in [0.05, 0.1) is 23.3 Å². The van der Waals surface area contributed by atoms with Gasteiger partial charge in [0.15, 0.2) is 0 Å². The first-order valence-corrected chi connectivity index (χ1v) is 6.75. The Morgan fingerprint density at radius 1 is 1.35 bits per heavy atom. The van der Waals surface area contributed by atoms with Gasteiger partial charge in [-0.25, -0.2) is 4.79 Å². The fraction of sp³-hybridized carbons (Fsp3) is 0.400. The summed E-state index contributed by atoms with van der Waals surface area (Å²) in [5.74, 6) is 0. The lowest BCUT2D eigenvalue weighted by Gasteiger charge is -2.23. The van der Waals surface area contributed by atoms with E-state index in [1.165, 1.54) is 0 Å². The van der Waals surface area contributed by atoms with E-state index >= 15 is 0 Å². The summed E-state index contributed by atoms with van der Waals surface area (Å²) in [5.41, 5.74) is 1.22. The number of urea groups is 1. The molecule has 5 nitrogen and oxygen atoms in total. The molecule has 0 fully saturated rings. The van der Waals surface area contributed by atoms with E-state index in [9.17, 15) is 9.90 Å². The molecular formula is C15H21N3O2. The highest BCUT2D eigenvalue weighted by Crippen LogP contribution is 2.25. The van der Waals surface area contributed by atoms with Gasteiger partial charge in [0, 0.05) is 18.1 Å². The third-order valence-corrected chi connectivity index (χ3v) is 3.22. The smallest absolute Gasteiger partial charge is 0.319 e. The zero-order valence-electron chi connectivity index (χ0n) is 12.1. The van der Waals surface area contributed by atoms with Crippen molar-refractivity contribution < 1.29 is 9.90 Å². The van der Waals surface area contributed by atoms with Crippen LogP contribution in [0.15, 0.2) is 30.5 Å². The molecule has 0 spiro atoms. The van der Waals surface area contributed by atoms with Crippen LogP contribution in [0.3, 0.4) is 0 Å². The first kappa shape index (κ1) is 14.4. The molecule has 5 heteroatoms. The number of para-hydroxylation sites is 1. The summed E-state index contributed by atoms with van der Waals surface area (Å²) >= 11 is 0. The highest BCUT2D eigenvalue weighted by Gasteiger charge is 2.19. The largest absolute Gasteiger partial charge is 0.394 e. The standard InChI is InChI=1S/C15H21N3O2/c1-4-18-9-12(11-7-5-6-8-13(11)18)16-14(20)17-15(2,3)10-19/h5-9,19H,4,10H2,1-3H3,(H2,16,17,20). The molecule has 0 atom stereocenters. The average Bonchev–Trinajstić information content (AvgIpc) is 2.76. The average molecular weight is 275 g/mol. The van der Waals surface area contributed by atoms with Gasteiger partial charge in [0.2, 0.25) is 0 Å². The molecule has 0 saturated heterocycles. The molecule has 20 heavy (non-hydrogen) atoms. The molecule has 0 saturated carbocycles. The molecule has 108 valence electrons. The van der Waals surface area contributed by atoms with Crippen molar-refractivity contribution >= 4 is 22.6 Å². The summed E-state index contributed by atoms with van der Waals surface area (Å²) in [6.07, 6.45) is 1.93. The molecule has 0 aliphatic carbocycles. The predicted molar refractivity (Wildman–Crippen MR) is 80.9 cm³/mol. The van der Waals surface area contributed by atoms with Gasteiger partial charge in [-0.05, 0) is 26.8 Å². The van der Waals surface area contributed by atoms with E-state index in [2.05, 4.69) is 22.1 Å². The molecular weight excluding hydrogens is 254 g/mol. The maximum atomic E-state index is 12.0. The van der Waals surface area contributed by atoms with Crippen molar-refractivity contribution in [3.8, 4) is 0 Å². The number of carbonyl (C=O) groups is 1. The molecule has 3 N–H and O–H groups in total. The minimum atomic E-state index is -0.646. The molecule has 2 amide bonds. The number of rotatable bonds is 4. The number of fused-ring (bicyclic) bond motifs is 1. The summed E-state index contributed by atoms with van der Waals surface area (Å²) in [4.78, 5) is 12.0. The van der Waals surface area contributed by atoms with Crippen LogP contribution in [0.5, 0.6) is 0 Å². The molecule has 0 bridgehead atoms. The van der Waals surface area contributed by atoms with Gasteiger partial charge in [0.25, 0.3) is 0 Å². The molecule has 1 aromatic carbocycles. The molecule has 0 aliphatic heterocycles. The van der Waals surface area contributed by atoms with Crippen LogP contribution < -0.4 is 10.6 Å². The van der Waals surface area contributed by atoms with Crippen LogP contribution in [0.25, 0.3) is 10.9 Å². The Bertz CT molecular complexity index is 617. The Labute approximate surface area is 118 Å². The summed E-state index contributed by atoms with van der Waals surface area (Å²) in [6.45, 7) is 6.32. The minimum absolute atomic E-state index is 0.114. The number of benzene rings is 1. The lowest BCUT2D eigenvalue weighted by atomic mass is 10.1. The van der Waals surface area contributed by atoms with Crippen LogP contribution in [-0.2, 0) is 6.54 Å². The predicted octanol–water partition coefficient (Wildman–Crippen LogP) is 2.55. The van der Waals surface area contributed by atoms with Crippen LogP contribution in [0.1, 0.15) is 20.8 Å². The van der Waals surface area contributed by atoms with Crippen molar-refractivity contribution in [3.05, 3.63) is 30.5 Å². The van der Waals surface area contributed by atoms with Gasteiger partial charge in [0.1, 0.15) is 0 Å². The number of nitrogens with one attached hydrogen (secondary N) is 2. The van der Waals surface area contributed by atoms with E-state index in [4.69, 9.17) is 0 Å². The Morgan fingerprint density at radius 2 is 2.05 bits per heavy atom. The third-order valence-electron chi connectivity index (χ3n) is 3.22. The fourth-order valence-corrected chi connectivity index (χ4v) is 2.11. The molecule has 1 heterocycles. The zero-order chi connectivity index (χ0) is 14.8. The normalized spacial score (nSPS) is 11.6. The van der Waals surface area contributed by atoms with Crippen LogP contribution in [0, 0.1) is 0 Å². The lowest BCUT2D eigenvalue weighted by molar-refractivity contribution is 0.187. The van der Waals surface area contributed by atoms with Crippen molar-refractivity contribution in [1.29, 1.82) is 0 Å². The van der Waals surface area contributed by atoms with Crippen molar-refractivity contribution in [2.75, 3.05) is 11.9 Å². The maximum Gasteiger partial charge on any atom is 0.319 e. The number of hydrogen-bond donors (Lipinski definition) is 3. The van der Waals surface area contributed by atoms with E-state index in [0.29, 0.717) is 0 Å². The number of hydrogen-bond acceptors (Lipinski definition) is 2. The van der Waals surface area contributed by atoms with Gasteiger partial charge in [-0.1, -0.05) is 18.2 Å². The molecule has 2 rings (SSSR count). The fourth-order valence-electron chi connectivity index (χ4n) is 2.11. The number of aromatic nitrogens is 1. The minimum Gasteiger partial charge on any atom is -0.394 e. The second-order valence-corrected chi connectivity index (χ2v) is 5.47. The van der Waals surface area contributed by atoms with Crippen LogP contribution in [-0.4, -0.2) is 27.9 Å². The number of nitrogens with zero attached hydrogens (tertiary/aromatic N) is 1. The molecule has 2 aromatic rings. The van der Waals surface area contributed by atoms with E-state index in [-0.39, 0.29) is 12.6 Å². The second-order valence-electron chi connectivity index (χ2n) is 5.47. The Kier molecular flexibility index (Phi) is 3.99. The Hall–Kier alpha value is -2.01. The maximum absolute atomic E-state index is 12.0. The van der Waals surface area contributed by atoms with E-state index in [0.717, 1.165) is 23.1 Å². The van der Waals surface area contributed by atoms with Crippen LogP contribution >= 0.6 is 0 Å².